The standard InChI is InChI=1S/C10H12N2O/c1-8(12)9-2-4-10(5-3-9)13-7-6-11/h2-5,8H,7,12H2,1H3/t8-/m0/s1. The summed E-state index contributed by atoms with van der Waals surface area (Å²) in [7, 11) is 0. The largest absolute Gasteiger partial charge is 0.479 e. The van der Waals surface area contributed by atoms with Gasteiger partial charge in [0.1, 0.15) is 11.8 Å². The summed E-state index contributed by atoms with van der Waals surface area (Å²) >= 11 is 0. The van der Waals surface area contributed by atoms with Crippen molar-refractivity contribution in [1.82, 2.24) is 0 Å². The number of benzene rings is 1. The van der Waals surface area contributed by atoms with E-state index >= 15 is 0 Å². The average Bonchev–Trinajstić information content (AvgIpc) is 2.15. The van der Waals surface area contributed by atoms with Crippen molar-refractivity contribution in [2.75, 3.05) is 6.61 Å². The molecule has 3 nitrogen and oxygen atoms in total. The number of hydrogen-bond donors (Lipinski definition) is 1. The second-order valence-corrected chi connectivity index (χ2v) is 2.80. The number of rotatable bonds is 3. The average molecular weight is 176 g/mol. The van der Waals surface area contributed by atoms with Crippen LogP contribution in [0.2, 0.25) is 0 Å². The molecule has 0 aliphatic rings. The van der Waals surface area contributed by atoms with Crippen LogP contribution in [0.15, 0.2) is 24.3 Å². The first-order chi connectivity index (χ1) is 6.24. The third kappa shape index (κ3) is 2.77. The molecule has 0 spiro atoms. The quantitative estimate of drug-likeness (QED) is 0.761. The van der Waals surface area contributed by atoms with Gasteiger partial charge in [0, 0.05) is 6.04 Å². The molecule has 0 heterocycles. The van der Waals surface area contributed by atoms with E-state index in [4.69, 9.17) is 15.7 Å². The van der Waals surface area contributed by atoms with E-state index in [1.165, 1.54) is 0 Å². The molecule has 3 heteroatoms. The Hall–Kier alpha value is -1.53. The number of nitrogens with zero attached hydrogens (tertiary/aromatic N) is 1. The lowest BCUT2D eigenvalue weighted by atomic mass is 10.1. The van der Waals surface area contributed by atoms with Gasteiger partial charge in [0.2, 0.25) is 0 Å². The van der Waals surface area contributed by atoms with Crippen LogP contribution in [0, 0.1) is 11.3 Å². The normalized spacial score (nSPS) is 11.8. The SMILES string of the molecule is C[C@H](N)c1ccc(OCC#N)cc1. The van der Waals surface area contributed by atoms with Gasteiger partial charge in [-0.3, -0.25) is 0 Å². The molecule has 1 aromatic rings. The Morgan fingerprint density at radius 2 is 2.08 bits per heavy atom. The number of nitriles is 1. The second kappa shape index (κ2) is 4.48. The molecule has 0 bridgehead atoms. The van der Waals surface area contributed by atoms with Crippen LogP contribution < -0.4 is 10.5 Å². The highest BCUT2D eigenvalue weighted by molar-refractivity contribution is 5.28. The molecule has 2 N–H and O–H groups in total. The Labute approximate surface area is 77.7 Å². The minimum atomic E-state index is 0.0324. The molecule has 0 saturated carbocycles. The molecule has 0 aliphatic heterocycles. The lowest BCUT2D eigenvalue weighted by molar-refractivity contribution is 0.368. The zero-order valence-corrected chi connectivity index (χ0v) is 7.53. The van der Waals surface area contributed by atoms with E-state index in [2.05, 4.69) is 0 Å². The summed E-state index contributed by atoms with van der Waals surface area (Å²) < 4.78 is 5.09. The van der Waals surface area contributed by atoms with Crippen LogP contribution in [0.25, 0.3) is 0 Å². The van der Waals surface area contributed by atoms with Crippen molar-refractivity contribution in [1.29, 1.82) is 5.26 Å². The first kappa shape index (κ1) is 9.56. The predicted octanol–water partition coefficient (Wildman–Crippen LogP) is 1.61. The molecule has 0 unspecified atom stereocenters. The zero-order valence-electron chi connectivity index (χ0n) is 7.53. The van der Waals surface area contributed by atoms with Gasteiger partial charge in [-0.2, -0.15) is 5.26 Å². The van der Waals surface area contributed by atoms with Crippen LogP contribution in [0.1, 0.15) is 18.5 Å². The zero-order chi connectivity index (χ0) is 9.68. The van der Waals surface area contributed by atoms with Crippen molar-refractivity contribution in [2.45, 2.75) is 13.0 Å². The van der Waals surface area contributed by atoms with Gasteiger partial charge in [-0.1, -0.05) is 12.1 Å². The smallest absolute Gasteiger partial charge is 0.174 e. The third-order valence-electron chi connectivity index (χ3n) is 1.71. The van der Waals surface area contributed by atoms with Crippen LogP contribution in [-0.4, -0.2) is 6.61 Å². The van der Waals surface area contributed by atoms with Crippen LogP contribution in [0.4, 0.5) is 0 Å². The fourth-order valence-electron chi connectivity index (χ4n) is 0.983. The maximum Gasteiger partial charge on any atom is 0.174 e. The van der Waals surface area contributed by atoms with Crippen molar-refractivity contribution in [3.05, 3.63) is 29.8 Å². The van der Waals surface area contributed by atoms with E-state index < -0.39 is 0 Å². The van der Waals surface area contributed by atoms with Crippen molar-refractivity contribution >= 4 is 0 Å². The van der Waals surface area contributed by atoms with Gasteiger partial charge >= 0.3 is 0 Å². The van der Waals surface area contributed by atoms with E-state index in [1.54, 1.807) is 0 Å². The molecule has 0 aliphatic carbocycles. The van der Waals surface area contributed by atoms with Gasteiger partial charge in [0.05, 0.1) is 0 Å². The van der Waals surface area contributed by atoms with Gasteiger partial charge in [0.15, 0.2) is 6.61 Å². The van der Waals surface area contributed by atoms with E-state index in [0.29, 0.717) is 5.75 Å². The van der Waals surface area contributed by atoms with Gasteiger partial charge < -0.3 is 10.5 Å². The minimum Gasteiger partial charge on any atom is -0.479 e. The predicted molar refractivity (Wildman–Crippen MR) is 50.2 cm³/mol. The summed E-state index contributed by atoms with van der Waals surface area (Å²) in [6.45, 7) is 2.00. The first-order valence-corrected chi connectivity index (χ1v) is 4.09. The Morgan fingerprint density at radius 1 is 1.46 bits per heavy atom. The highest BCUT2D eigenvalue weighted by atomic mass is 16.5. The summed E-state index contributed by atoms with van der Waals surface area (Å²) in [6.07, 6.45) is 0. The molecule has 0 radical (unpaired) electrons. The van der Waals surface area contributed by atoms with E-state index in [-0.39, 0.29) is 12.6 Å². The molecule has 13 heavy (non-hydrogen) atoms. The fraction of sp³-hybridized carbons (Fsp3) is 0.300. The molecular formula is C10H12N2O. The number of ether oxygens (including phenoxy) is 1. The molecule has 0 aromatic heterocycles. The Kier molecular flexibility index (Phi) is 3.30. The van der Waals surface area contributed by atoms with E-state index in [9.17, 15) is 0 Å². The lowest BCUT2D eigenvalue weighted by Gasteiger charge is -2.06. The molecule has 68 valence electrons. The van der Waals surface area contributed by atoms with Crippen molar-refractivity contribution in [2.24, 2.45) is 5.73 Å². The Morgan fingerprint density at radius 3 is 2.54 bits per heavy atom. The highest BCUT2D eigenvalue weighted by Gasteiger charge is 1.98. The summed E-state index contributed by atoms with van der Waals surface area (Å²) in [5, 5.41) is 8.28. The van der Waals surface area contributed by atoms with Crippen LogP contribution in [-0.2, 0) is 0 Å². The maximum atomic E-state index is 8.28. The van der Waals surface area contributed by atoms with Crippen LogP contribution in [0.3, 0.4) is 0 Å². The molecule has 1 atom stereocenters. The van der Waals surface area contributed by atoms with E-state index in [1.807, 2.05) is 37.3 Å². The number of nitrogens with two attached hydrogens (primary N) is 1. The Balaban J connectivity index is 2.65. The number of hydrogen-bond acceptors (Lipinski definition) is 3. The fourth-order valence-corrected chi connectivity index (χ4v) is 0.983. The third-order valence-corrected chi connectivity index (χ3v) is 1.71. The van der Waals surface area contributed by atoms with Crippen molar-refractivity contribution in [3.8, 4) is 11.8 Å². The molecule has 1 aromatic carbocycles. The van der Waals surface area contributed by atoms with E-state index in [0.717, 1.165) is 5.56 Å². The second-order valence-electron chi connectivity index (χ2n) is 2.80. The van der Waals surface area contributed by atoms with Crippen molar-refractivity contribution in [3.63, 3.8) is 0 Å². The molecule has 0 amide bonds. The summed E-state index contributed by atoms with van der Waals surface area (Å²) in [5.41, 5.74) is 6.73. The minimum absolute atomic E-state index is 0.0324. The van der Waals surface area contributed by atoms with Crippen molar-refractivity contribution < 1.29 is 4.74 Å². The van der Waals surface area contributed by atoms with Gasteiger partial charge in [-0.05, 0) is 24.6 Å². The van der Waals surface area contributed by atoms with Gasteiger partial charge in [0.25, 0.3) is 0 Å². The summed E-state index contributed by atoms with van der Waals surface area (Å²) in [5.74, 6) is 0.700. The molecule has 0 fully saturated rings. The molecular weight excluding hydrogens is 164 g/mol. The Bertz CT molecular complexity index is 298. The van der Waals surface area contributed by atoms with Crippen LogP contribution >= 0.6 is 0 Å². The molecule has 0 saturated heterocycles. The first-order valence-electron chi connectivity index (χ1n) is 4.09. The topological polar surface area (TPSA) is 59.0 Å². The lowest BCUT2D eigenvalue weighted by Crippen LogP contribution is -2.04. The summed E-state index contributed by atoms with van der Waals surface area (Å²) in [4.78, 5) is 0. The van der Waals surface area contributed by atoms with Crippen LogP contribution in [0.5, 0.6) is 5.75 Å². The maximum absolute atomic E-state index is 8.28. The van der Waals surface area contributed by atoms with Gasteiger partial charge in [-0.15, -0.1) is 0 Å². The van der Waals surface area contributed by atoms with Gasteiger partial charge in [-0.25, -0.2) is 0 Å². The molecule has 1 rings (SSSR count). The summed E-state index contributed by atoms with van der Waals surface area (Å²) in [6, 6.07) is 9.37. The highest BCUT2D eigenvalue weighted by Crippen LogP contribution is 2.15. The monoisotopic (exact) mass is 176 g/mol.